The Morgan fingerprint density at radius 1 is 1.53 bits per heavy atom. The summed E-state index contributed by atoms with van der Waals surface area (Å²) in [6.07, 6.45) is 4.11. The zero-order valence-corrected chi connectivity index (χ0v) is 9.62. The second kappa shape index (κ2) is 5.89. The van der Waals surface area contributed by atoms with Gasteiger partial charge in [0, 0.05) is 6.42 Å². The molecule has 0 radical (unpaired) electrons. The fourth-order valence-electron chi connectivity index (χ4n) is 1.68. The molecule has 0 aromatic carbocycles. The fourth-order valence-corrected chi connectivity index (χ4v) is 1.68. The predicted octanol–water partition coefficient (Wildman–Crippen LogP) is 2.33. The second-order valence-electron chi connectivity index (χ2n) is 4.41. The van der Waals surface area contributed by atoms with Crippen LogP contribution in [0, 0.1) is 11.8 Å². The van der Waals surface area contributed by atoms with E-state index in [4.69, 9.17) is 4.74 Å². The lowest BCUT2D eigenvalue weighted by Crippen LogP contribution is -2.29. The maximum absolute atomic E-state index is 11.6. The predicted molar refractivity (Wildman–Crippen MR) is 57.4 cm³/mol. The van der Waals surface area contributed by atoms with E-state index in [1.54, 1.807) is 0 Å². The zero-order valence-electron chi connectivity index (χ0n) is 9.62. The molecular formula is C12H20O3. The average molecular weight is 212 g/mol. The van der Waals surface area contributed by atoms with Gasteiger partial charge in [-0.1, -0.05) is 26.7 Å². The van der Waals surface area contributed by atoms with Crippen LogP contribution in [0.15, 0.2) is 0 Å². The minimum absolute atomic E-state index is 0.0652. The molecule has 0 bridgehead atoms. The van der Waals surface area contributed by atoms with Gasteiger partial charge in [0.05, 0.1) is 6.61 Å². The molecule has 3 nitrogen and oxygen atoms in total. The topological polar surface area (TPSA) is 43.4 Å². The van der Waals surface area contributed by atoms with Gasteiger partial charge in [-0.05, 0) is 18.8 Å². The van der Waals surface area contributed by atoms with Crippen molar-refractivity contribution in [1.29, 1.82) is 0 Å². The number of hydrogen-bond donors (Lipinski definition) is 0. The van der Waals surface area contributed by atoms with Crippen molar-refractivity contribution >= 4 is 11.8 Å². The Labute approximate surface area is 91.2 Å². The number of Topliss-reactive ketones (excluding diaryl/α,β-unsaturated/α-hetero) is 1. The number of rotatable bonds is 4. The lowest BCUT2D eigenvalue weighted by atomic mass is 9.88. The minimum Gasteiger partial charge on any atom is -0.465 e. The third-order valence-corrected chi connectivity index (χ3v) is 3.05. The summed E-state index contributed by atoms with van der Waals surface area (Å²) in [7, 11) is 0. The Bertz CT molecular complexity index is 235. The van der Waals surface area contributed by atoms with Crippen molar-refractivity contribution in [2.75, 3.05) is 6.61 Å². The van der Waals surface area contributed by atoms with Gasteiger partial charge in [-0.3, -0.25) is 9.59 Å². The van der Waals surface area contributed by atoms with Crippen molar-refractivity contribution in [3.63, 3.8) is 0 Å². The first-order valence-corrected chi connectivity index (χ1v) is 5.84. The summed E-state index contributed by atoms with van der Waals surface area (Å²) >= 11 is 0. The summed E-state index contributed by atoms with van der Waals surface area (Å²) in [4.78, 5) is 23.0. The molecule has 86 valence electrons. The van der Waals surface area contributed by atoms with Crippen LogP contribution >= 0.6 is 0 Å². The van der Waals surface area contributed by atoms with Crippen LogP contribution in [0.2, 0.25) is 0 Å². The van der Waals surface area contributed by atoms with Gasteiger partial charge in [0.25, 0.3) is 0 Å². The molecular weight excluding hydrogens is 192 g/mol. The molecule has 0 aliphatic heterocycles. The number of carbonyl (C=O) groups is 2. The van der Waals surface area contributed by atoms with Gasteiger partial charge in [-0.15, -0.1) is 0 Å². The highest BCUT2D eigenvalue weighted by Crippen LogP contribution is 2.22. The number of ketones is 1. The number of ether oxygens (including phenoxy) is 1. The van der Waals surface area contributed by atoms with Crippen molar-refractivity contribution in [2.45, 2.75) is 46.0 Å². The largest absolute Gasteiger partial charge is 0.465 e. The highest BCUT2D eigenvalue weighted by atomic mass is 16.5. The quantitative estimate of drug-likeness (QED) is 0.530. The van der Waals surface area contributed by atoms with Gasteiger partial charge < -0.3 is 4.74 Å². The van der Waals surface area contributed by atoms with Gasteiger partial charge in [0.2, 0.25) is 0 Å². The molecule has 1 aliphatic rings. The molecule has 2 unspecified atom stereocenters. The summed E-state index contributed by atoms with van der Waals surface area (Å²) < 4.78 is 5.14. The Hall–Kier alpha value is -0.860. The third-order valence-electron chi connectivity index (χ3n) is 3.05. The fraction of sp³-hybridized carbons (Fsp3) is 0.833. The van der Waals surface area contributed by atoms with Gasteiger partial charge in [0.15, 0.2) is 0 Å². The molecule has 0 heterocycles. The van der Waals surface area contributed by atoms with Crippen molar-refractivity contribution in [3.05, 3.63) is 0 Å². The lowest BCUT2D eigenvalue weighted by Gasteiger charge is -2.19. The highest BCUT2D eigenvalue weighted by Gasteiger charge is 2.30. The van der Waals surface area contributed by atoms with Crippen LogP contribution in [-0.2, 0) is 14.3 Å². The lowest BCUT2D eigenvalue weighted by molar-refractivity contribution is -0.154. The molecule has 2 atom stereocenters. The van der Waals surface area contributed by atoms with Crippen molar-refractivity contribution < 1.29 is 14.3 Å². The van der Waals surface area contributed by atoms with E-state index in [0.29, 0.717) is 25.4 Å². The second-order valence-corrected chi connectivity index (χ2v) is 4.41. The zero-order chi connectivity index (χ0) is 11.3. The van der Waals surface area contributed by atoms with Crippen molar-refractivity contribution in [1.82, 2.24) is 0 Å². The standard InChI is InChI=1S/C12H20O3/c1-3-9(2)8-15-12(14)10-6-4-5-7-11(10)13/h9-10H,3-8H2,1-2H3. The van der Waals surface area contributed by atoms with Crippen LogP contribution in [0.4, 0.5) is 0 Å². The van der Waals surface area contributed by atoms with E-state index in [1.165, 1.54) is 0 Å². The molecule has 0 spiro atoms. The van der Waals surface area contributed by atoms with Crippen LogP contribution < -0.4 is 0 Å². The van der Waals surface area contributed by atoms with E-state index >= 15 is 0 Å². The number of esters is 1. The minimum atomic E-state index is -0.470. The third kappa shape index (κ3) is 3.65. The number of hydrogen-bond acceptors (Lipinski definition) is 3. The molecule has 15 heavy (non-hydrogen) atoms. The monoisotopic (exact) mass is 212 g/mol. The highest BCUT2D eigenvalue weighted by molar-refractivity contribution is 5.99. The molecule has 0 aromatic rings. The van der Waals surface area contributed by atoms with Crippen LogP contribution in [0.25, 0.3) is 0 Å². The average Bonchev–Trinajstić information content (AvgIpc) is 2.26. The van der Waals surface area contributed by atoms with Crippen molar-refractivity contribution in [3.8, 4) is 0 Å². The molecule has 1 fully saturated rings. The summed E-state index contributed by atoms with van der Waals surface area (Å²) in [6.45, 7) is 4.54. The van der Waals surface area contributed by atoms with Crippen LogP contribution in [0.1, 0.15) is 46.0 Å². The molecule has 3 heteroatoms. The molecule has 0 amide bonds. The normalized spacial score (nSPS) is 23.6. The van der Waals surface area contributed by atoms with Crippen LogP contribution in [-0.4, -0.2) is 18.4 Å². The molecule has 0 N–H and O–H groups in total. The Kier molecular flexibility index (Phi) is 4.79. The maximum atomic E-state index is 11.6. The number of carbonyl (C=O) groups excluding carboxylic acids is 2. The van der Waals surface area contributed by atoms with Gasteiger partial charge in [-0.25, -0.2) is 0 Å². The van der Waals surface area contributed by atoms with E-state index in [9.17, 15) is 9.59 Å². The molecule has 1 aliphatic carbocycles. The first-order chi connectivity index (χ1) is 7.15. The molecule has 1 rings (SSSR count). The summed E-state index contributed by atoms with van der Waals surface area (Å²) in [5, 5.41) is 0. The maximum Gasteiger partial charge on any atom is 0.316 e. The van der Waals surface area contributed by atoms with Gasteiger partial charge in [0.1, 0.15) is 11.7 Å². The Balaban J connectivity index is 2.35. The first kappa shape index (κ1) is 12.2. The summed E-state index contributed by atoms with van der Waals surface area (Å²) in [5.41, 5.74) is 0. The summed E-state index contributed by atoms with van der Waals surface area (Å²) in [5.74, 6) is -0.328. The van der Waals surface area contributed by atoms with Crippen LogP contribution in [0.5, 0.6) is 0 Å². The van der Waals surface area contributed by atoms with E-state index in [1.807, 2.05) is 6.92 Å². The SMILES string of the molecule is CCC(C)COC(=O)C1CCCCC1=O. The molecule has 1 saturated carbocycles. The van der Waals surface area contributed by atoms with E-state index < -0.39 is 5.92 Å². The molecule has 0 aromatic heterocycles. The first-order valence-electron chi connectivity index (χ1n) is 5.84. The Morgan fingerprint density at radius 2 is 2.27 bits per heavy atom. The van der Waals surface area contributed by atoms with Crippen LogP contribution in [0.3, 0.4) is 0 Å². The summed E-state index contributed by atoms with van der Waals surface area (Å²) in [6, 6.07) is 0. The van der Waals surface area contributed by atoms with E-state index in [0.717, 1.165) is 19.3 Å². The van der Waals surface area contributed by atoms with Crippen molar-refractivity contribution in [2.24, 2.45) is 11.8 Å². The van der Waals surface area contributed by atoms with Gasteiger partial charge >= 0.3 is 5.97 Å². The molecule has 0 saturated heterocycles. The van der Waals surface area contributed by atoms with E-state index in [2.05, 4.69) is 6.92 Å². The Morgan fingerprint density at radius 3 is 2.87 bits per heavy atom. The van der Waals surface area contributed by atoms with Gasteiger partial charge in [-0.2, -0.15) is 0 Å². The smallest absolute Gasteiger partial charge is 0.316 e. The van der Waals surface area contributed by atoms with E-state index in [-0.39, 0.29) is 11.8 Å².